The Morgan fingerprint density at radius 1 is 0.875 bits per heavy atom. The zero-order valence-corrected chi connectivity index (χ0v) is 16.5. The molecule has 5 heteroatoms. The van der Waals surface area contributed by atoms with Crippen LogP contribution in [0.15, 0.2) is 24.3 Å². The second kappa shape index (κ2) is 12.8. The molecular weight excluding hydrogens is 340 g/mol. The molecule has 0 saturated carbocycles. The van der Waals surface area contributed by atoms with Gasteiger partial charge >= 0.3 is 9.15 Å². The summed E-state index contributed by atoms with van der Waals surface area (Å²) in [7, 11) is -3.39. The zero-order valence-electron chi connectivity index (χ0n) is 14.9. The van der Waals surface area contributed by atoms with E-state index in [0.717, 1.165) is 12.0 Å². The van der Waals surface area contributed by atoms with E-state index in [-0.39, 0.29) is 0 Å². The lowest BCUT2D eigenvalue weighted by molar-refractivity contribution is 0.503. The van der Waals surface area contributed by atoms with Crippen molar-refractivity contribution >= 4 is 19.9 Å². The summed E-state index contributed by atoms with van der Waals surface area (Å²) in [6.45, 7) is 2.25. The Labute approximate surface area is 151 Å². The molecule has 0 spiro atoms. The summed E-state index contributed by atoms with van der Waals surface area (Å²) >= 11 is 0. The van der Waals surface area contributed by atoms with Crippen molar-refractivity contribution in [2.24, 2.45) is 0 Å². The van der Waals surface area contributed by atoms with Gasteiger partial charge in [-0.25, -0.2) is 0 Å². The first kappa shape index (κ1) is 21.5. The van der Waals surface area contributed by atoms with Crippen LogP contribution in [-0.2, 0) is 21.3 Å². The van der Waals surface area contributed by atoms with Crippen LogP contribution in [0.3, 0.4) is 0 Å². The van der Waals surface area contributed by atoms with Crippen molar-refractivity contribution in [1.29, 1.82) is 0 Å². The minimum absolute atomic E-state index is 0.296. The smallest absolute Gasteiger partial charge is 0.277 e. The van der Waals surface area contributed by atoms with Gasteiger partial charge in [-0.15, -0.1) is 0 Å². The summed E-state index contributed by atoms with van der Waals surface area (Å²) in [5, 5.41) is 0. The predicted octanol–water partition coefficient (Wildman–Crippen LogP) is 6.19. The van der Waals surface area contributed by atoms with Crippen LogP contribution in [0.5, 0.6) is 0 Å². The highest BCUT2D eigenvalue weighted by Crippen LogP contribution is 2.19. The Kier molecular flexibility index (Phi) is 11.5. The second-order valence-electron chi connectivity index (χ2n) is 6.44. The quantitative estimate of drug-likeness (QED) is 0.240. The van der Waals surface area contributed by atoms with Crippen LogP contribution < -0.4 is 0 Å². The van der Waals surface area contributed by atoms with Gasteiger partial charge in [-0.3, -0.25) is 4.55 Å². The van der Waals surface area contributed by atoms with Gasteiger partial charge in [0.25, 0.3) is 0 Å². The average molecular weight is 373 g/mol. The van der Waals surface area contributed by atoms with E-state index >= 15 is 0 Å². The van der Waals surface area contributed by atoms with Crippen LogP contribution >= 0.6 is 10.8 Å². The van der Waals surface area contributed by atoms with Crippen LogP contribution in [-0.4, -0.2) is 13.0 Å². The SMILES string of the molecule is CCCCCCCCCCCCc1cccc(CSS(=O)(=O)O)c1. The molecule has 0 aliphatic heterocycles. The molecule has 1 aromatic rings. The molecule has 0 heterocycles. The molecule has 0 radical (unpaired) electrons. The van der Waals surface area contributed by atoms with Crippen molar-refractivity contribution in [3.63, 3.8) is 0 Å². The fraction of sp³-hybridized carbons (Fsp3) is 0.684. The van der Waals surface area contributed by atoms with Crippen molar-refractivity contribution in [3.8, 4) is 0 Å². The number of hydrogen-bond acceptors (Lipinski definition) is 3. The van der Waals surface area contributed by atoms with Crippen molar-refractivity contribution < 1.29 is 13.0 Å². The molecule has 1 rings (SSSR count). The molecule has 1 aromatic carbocycles. The Bertz CT molecular complexity index is 541. The maximum Gasteiger partial charge on any atom is 0.320 e. The lowest BCUT2D eigenvalue weighted by Crippen LogP contribution is -1.93. The maximum absolute atomic E-state index is 10.8. The Morgan fingerprint density at radius 2 is 1.42 bits per heavy atom. The fourth-order valence-electron chi connectivity index (χ4n) is 2.83. The summed E-state index contributed by atoms with van der Waals surface area (Å²) in [6, 6.07) is 8.01. The third kappa shape index (κ3) is 11.9. The van der Waals surface area contributed by atoms with Gasteiger partial charge in [0.2, 0.25) is 0 Å². The molecule has 0 fully saturated rings. The Hall–Kier alpha value is -0.520. The van der Waals surface area contributed by atoms with Gasteiger partial charge < -0.3 is 0 Å². The molecule has 0 saturated heterocycles. The minimum atomic E-state index is -3.96. The standard InChI is InChI=1S/C19H32O3S2/c1-2-3-4-5-6-7-8-9-10-11-13-18-14-12-15-19(16-18)17-23-24(20,21)22/h12,14-16H,2-11,13,17H2,1H3,(H,20,21,22). The Morgan fingerprint density at radius 3 is 2.00 bits per heavy atom. The van der Waals surface area contributed by atoms with E-state index in [1.54, 1.807) is 0 Å². The highest BCUT2D eigenvalue weighted by Gasteiger charge is 2.06. The van der Waals surface area contributed by atoms with E-state index < -0.39 is 9.15 Å². The molecule has 0 atom stereocenters. The average Bonchev–Trinajstić information content (AvgIpc) is 2.54. The highest BCUT2D eigenvalue weighted by atomic mass is 33.1. The largest absolute Gasteiger partial charge is 0.320 e. The molecule has 0 amide bonds. The number of hydrogen-bond donors (Lipinski definition) is 1. The molecule has 1 N–H and O–H groups in total. The van der Waals surface area contributed by atoms with Crippen LogP contribution in [0.25, 0.3) is 0 Å². The lowest BCUT2D eigenvalue weighted by atomic mass is 10.0. The van der Waals surface area contributed by atoms with Gasteiger partial charge in [-0.1, -0.05) is 89.0 Å². The molecule has 138 valence electrons. The first-order chi connectivity index (χ1) is 11.5. The third-order valence-electron chi connectivity index (χ3n) is 4.18. The monoisotopic (exact) mass is 372 g/mol. The minimum Gasteiger partial charge on any atom is -0.277 e. The topological polar surface area (TPSA) is 54.4 Å². The summed E-state index contributed by atoms with van der Waals surface area (Å²) in [4.78, 5) is 0. The summed E-state index contributed by atoms with van der Waals surface area (Å²) in [6.07, 6.45) is 14.4. The first-order valence-corrected chi connectivity index (χ1v) is 12.1. The molecule has 0 aromatic heterocycles. The first-order valence-electron chi connectivity index (χ1n) is 9.21. The molecule has 0 aliphatic rings. The van der Waals surface area contributed by atoms with Gasteiger partial charge in [-0.2, -0.15) is 8.42 Å². The van der Waals surface area contributed by atoms with E-state index in [1.165, 1.54) is 69.8 Å². The van der Waals surface area contributed by atoms with Crippen molar-refractivity contribution in [3.05, 3.63) is 35.4 Å². The van der Waals surface area contributed by atoms with E-state index in [0.29, 0.717) is 16.5 Å². The van der Waals surface area contributed by atoms with Crippen molar-refractivity contribution in [1.82, 2.24) is 0 Å². The molecule has 0 unspecified atom stereocenters. The van der Waals surface area contributed by atoms with Gasteiger partial charge in [0.05, 0.1) is 0 Å². The number of rotatable bonds is 14. The van der Waals surface area contributed by atoms with E-state index in [9.17, 15) is 8.42 Å². The fourth-order valence-corrected chi connectivity index (χ4v) is 4.15. The summed E-state index contributed by atoms with van der Waals surface area (Å²) < 4.78 is 30.3. The molecular formula is C19H32O3S2. The van der Waals surface area contributed by atoms with Gasteiger partial charge in [-0.05, 0) is 24.0 Å². The molecule has 3 nitrogen and oxygen atoms in total. The normalized spacial score (nSPS) is 11.8. The number of unbranched alkanes of at least 4 members (excludes halogenated alkanes) is 9. The van der Waals surface area contributed by atoms with E-state index in [1.807, 2.05) is 18.2 Å². The second-order valence-corrected chi connectivity index (χ2v) is 9.79. The predicted molar refractivity (Wildman–Crippen MR) is 105 cm³/mol. The summed E-state index contributed by atoms with van der Waals surface area (Å²) in [5.74, 6) is 0.296. The van der Waals surface area contributed by atoms with Gasteiger partial charge in [0.15, 0.2) is 0 Å². The van der Waals surface area contributed by atoms with E-state index in [4.69, 9.17) is 4.55 Å². The van der Waals surface area contributed by atoms with E-state index in [2.05, 4.69) is 13.0 Å². The Balaban J connectivity index is 2.10. The lowest BCUT2D eigenvalue weighted by Gasteiger charge is -2.05. The third-order valence-corrected chi connectivity index (χ3v) is 6.18. The zero-order chi connectivity index (χ0) is 17.7. The molecule has 0 bridgehead atoms. The van der Waals surface area contributed by atoms with Crippen LogP contribution in [0.2, 0.25) is 0 Å². The molecule has 0 aliphatic carbocycles. The molecule has 24 heavy (non-hydrogen) atoms. The van der Waals surface area contributed by atoms with Crippen LogP contribution in [0, 0.1) is 0 Å². The highest BCUT2D eigenvalue weighted by molar-refractivity contribution is 8.69. The number of aryl methyl sites for hydroxylation is 1. The maximum atomic E-state index is 10.8. The summed E-state index contributed by atoms with van der Waals surface area (Å²) in [5.41, 5.74) is 2.20. The van der Waals surface area contributed by atoms with Crippen LogP contribution in [0.4, 0.5) is 0 Å². The van der Waals surface area contributed by atoms with Crippen molar-refractivity contribution in [2.75, 3.05) is 0 Å². The van der Waals surface area contributed by atoms with Gasteiger partial charge in [0.1, 0.15) is 0 Å². The van der Waals surface area contributed by atoms with Crippen LogP contribution in [0.1, 0.15) is 82.3 Å². The van der Waals surface area contributed by atoms with Crippen molar-refractivity contribution in [2.45, 2.75) is 83.3 Å². The van der Waals surface area contributed by atoms with Gasteiger partial charge in [0, 0.05) is 16.5 Å². The number of benzene rings is 1.